The number of benzene rings is 1. The van der Waals surface area contributed by atoms with Crippen LogP contribution < -0.4 is 14.2 Å². The molecule has 0 radical (unpaired) electrons. The second-order valence-corrected chi connectivity index (χ2v) is 6.64. The molecular weight excluding hydrogens is 471 g/mol. The molecule has 2 aromatic rings. The minimum atomic E-state index is -7.31. The number of alkyl halides is 9. The van der Waals surface area contributed by atoms with Crippen LogP contribution in [0.4, 0.5) is 39.5 Å². The minimum absolute atomic E-state index is 0.0196. The number of furan rings is 1. The Morgan fingerprint density at radius 2 is 1.53 bits per heavy atom. The molecule has 0 saturated heterocycles. The highest BCUT2D eigenvalue weighted by Crippen LogP contribution is 2.59. The summed E-state index contributed by atoms with van der Waals surface area (Å²) < 4.78 is 140. The van der Waals surface area contributed by atoms with E-state index in [4.69, 9.17) is 13.9 Å². The molecule has 1 aliphatic heterocycles. The van der Waals surface area contributed by atoms with Gasteiger partial charge in [0, 0.05) is 0 Å². The average Bonchev–Trinajstić information content (AvgIpc) is 3.14. The standard InChI is InChI=1S/C17H11F9O6/c1-29-9-6-3-4-31-10(6)12(30-2)11-8(9)7(27)5-13(28,32-11)14(18,19)15(20,21)16(22,23)17(24,25)26/h3-4,28H,5H2,1-2H3. The minimum Gasteiger partial charge on any atom is -0.495 e. The van der Waals surface area contributed by atoms with Gasteiger partial charge in [0.15, 0.2) is 17.1 Å². The van der Waals surface area contributed by atoms with Crippen LogP contribution in [0.25, 0.3) is 11.0 Å². The van der Waals surface area contributed by atoms with Gasteiger partial charge in [-0.05, 0) is 6.07 Å². The van der Waals surface area contributed by atoms with Gasteiger partial charge in [0.2, 0.25) is 5.75 Å². The largest absolute Gasteiger partial charge is 0.495 e. The van der Waals surface area contributed by atoms with Crippen molar-refractivity contribution in [3.05, 3.63) is 17.9 Å². The zero-order chi connectivity index (χ0) is 24.5. The maximum absolute atomic E-state index is 14.5. The van der Waals surface area contributed by atoms with E-state index in [1.165, 1.54) is 6.07 Å². The molecule has 1 unspecified atom stereocenters. The number of rotatable bonds is 5. The predicted octanol–water partition coefficient (Wildman–Crippen LogP) is 4.57. The lowest BCUT2D eigenvalue weighted by Crippen LogP contribution is -2.71. The van der Waals surface area contributed by atoms with Crippen LogP contribution >= 0.6 is 0 Å². The molecule has 0 aliphatic carbocycles. The smallest absolute Gasteiger partial charge is 0.460 e. The Hall–Kier alpha value is -2.84. The number of fused-ring (bicyclic) bond motifs is 2. The van der Waals surface area contributed by atoms with Crippen molar-refractivity contribution in [3.63, 3.8) is 0 Å². The van der Waals surface area contributed by atoms with Crippen LogP contribution in [0.1, 0.15) is 16.8 Å². The maximum atomic E-state index is 14.5. The van der Waals surface area contributed by atoms with Crippen molar-refractivity contribution in [2.24, 2.45) is 0 Å². The van der Waals surface area contributed by atoms with Gasteiger partial charge in [0.25, 0.3) is 5.79 Å². The van der Waals surface area contributed by atoms with Crippen LogP contribution in [0.5, 0.6) is 17.2 Å². The highest BCUT2D eigenvalue weighted by atomic mass is 19.4. The monoisotopic (exact) mass is 482 g/mol. The van der Waals surface area contributed by atoms with Crippen molar-refractivity contribution < 1.29 is 68.0 Å². The number of carbonyl (C=O) groups excluding carboxylic acids is 1. The summed E-state index contributed by atoms with van der Waals surface area (Å²) in [7, 11) is 1.89. The van der Waals surface area contributed by atoms with E-state index in [2.05, 4.69) is 4.74 Å². The molecule has 1 atom stereocenters. The number of halogens is 9. The Morgan fingerprint density at radius 3 is 2.03 bits per heavy atom. The maximum Gasteiger partial charge on any atom is 0.460 e. The van der Waals surface area contributed by atoms with Crippen molar-refractivity contribution in [1.82, 2.24) is 0 Å². The summed E-state index contributed by atoms with van der Waals surface area (Å²) >= 11 is 0. The summed E-state index contributed by atoms with van der Waals surface area (Å²) in [6.45, 7) is 0. The van der Waals surface area contributed by atoms with Gasteiger partial charge in [-0.3, -0.25) is 4.79 Å². The number of methoxy groups -OCH3 is 2. The molecule has 6 nitrogen and oxygen atoms in total. The summed E-state index contributed by atoms with van der Waals surface area (Å²) in [6, 6.07) is 1.23. The quantitative estimate of drug-likeness (QED) is 0.630. The first kappa shape index (κ1) is 23.8. The summed E-state index contributed by atoms with van der Waals surface area (Å²) in [6.07, 6.45) is -8.24. The van der Waals surface area contributed by atoms with E-state index in [1.54, 1.807) is 0 Å². The summed E-state index contributed by atoms with van der Waals surface area (Å²) in [5.74, 6) is -29.9. The molecule has 2 heterocycles. The molecule has 178 valence electrons. The third-order valence-corrected chi connectivity index (χ3v) is 4.77. The second kappa shape index (κ2) is 6.83. The molecule has 0 fully saturated rings. The van der Waals surface area contributed by atoms with E-state index >= 15 is 0 Å². The lowest BCUT2D eigenvalue weighted by molar-refractivity contribution is -0.435. The Balaban J connectivity index is 2.25. The number of Topliss-reactive ketones (excluding diaryl/α,β-unsaturated/α-hetero) is 1. The number of hydrogen-bond acceptors (Lipinski definition) is 6. The van der Waals surface area contributed by atoms with Crippen molar-refractivity contribution in [2.75, 3.05) is 14.2 Å². The number of hydrogen-bond donors (Lipinski definition) is 1. The summed E-state index contributed by atoms with van der Waals surface area (Å²) in [5, 5.41) is 10.1. The molecule has 1 N–H and O–H groups in total. The van der Waals surface area contributed by atoms with Crippen LogP contribution in [-0.2, 0) is 0 Å². The number of ether oxygens (including phenoxy) is 3. The molecule has 3 rings (SSSR count). The first-order valence-corrected chi connectivity index (χ1v) is 8.28. The van der Waals surface area contributed by atoms with Crippen LogP contribution in [0.2, 0.25) is 0 Å². The molecule has 0 saturated carbocycles. The molecule has 32 heavy (non-hydrogen) atoms. The van der Waals surface area contributed by atoms with Gasteiger partial charge in [-0.15, -0.1) is 0 Å². The van der Waals surface area contributed by atoms with Gasteiger partial charge >= 0.3 is 23.9 Å². The molecule has 0 bridgehead atoms. The normalized spacial score (nSPS) is 20.2. The molecule has 15 heteroatoms. The highest BCUT2D eigenvalue weighted by molar-refractivity contribution is 6.10. The number of carbonyl (C=O) groups is 1. The van der Waals surface area contributed by atoms with Gasteiger partial charge in [0.1, 0.15) is 11.3 Å². The lowest BCUT2D eigenvalue weighted by Gasteiger charge is -2.43. The van der Waals surface area contributed by atoms with Gasteiger partial charge in [0.05, 0.1) is 32.3 Å². The van der Waals surface area contributed by atoms with E-state index in [1.807, 2.05) is 0 Å². The van der Waals surface area contributed by atoms with Crippen LogP contribution in [0.15, 0.2) is 16.7 Å². The first-order valence-electron chi connectivity index (χ1n) is 8.28. The molecule has 1 aromatic heterocycles. The molecule has 1 aromatic carbocycles. The third-order valence-electron chi connectivity index (χ3n) is 4.77. The van der Waals surface area contributed by atoms with E-state index in [0.717, 1.165) is 20.5 Å². The molecular formula is C17H11F9O6. The average molecular weight is 482 g/mol. The third kappa shape index (κ3) is 2.82. The molecule has 1 aliphatic rings. The van der Waals surface area contributed by atoms with E-state index in [9.17, 15) is 49.4 Å². The van der Waals surface area contributed by atoms with Gasteiger partial charge in [-0.1, -0.05) is 0 Å². The molecule has 0 amide bonds. The van der Waals surface area contributed by atoms with Gasteiger partial charge < -0.3 is 23.7 Å². The second-order valence-electron chi connectivity index (χ2n) is 6.64. The first-order chi connectivity index (χ1) is 14.5. The Kier molecular flexibility index (Phi) is 5.08. The zero-order valence-corrected chi connectivity index (χ0v) is 15.8. The van der Waals surface area contributed by atoms with Gasteiger partial charge in [-0.2, -0.15) is 39.5 Å². The highest BCUT2D eigenvalue weighted by Gasteiger charge is 2.87. The zero-order valence-electron chi connectivity index (χ0n) is 15.8. The van der Waals surface area contributed by atoms with Crippen LogP contribution in [0.3, 0.4) is 0 Å². The lowest BCUT2D eigenvalue weighted by atomic mass is 9.87. The van der Waals surface area contributed by atoms with Crippen LogP contribution in [-0.4, -0.2) is 54.8 Å². The summed E-state index contributed by atoms with van der Waals surface area (Å²) in [5.41, 5.74) is -1.07. The van der Waals surface area contributed by atoms with E-state index in [0.29, 0.717) is 0 Å². The Bertz CT molecular complexity index is 1070. The fraction of sp³-hybridized carbons (Fsp3) is 0.471. The molecule has 0 spiro atoms. The fourth-order valence-corrected chi connectivity index (χ4v) is 3.17. The predicted molar refractivity (Wildman–Crippen MR) is 84.7 cm³/mol. The Labute approximate surface area is 171 Å². The van der Waals surface area contributed by atoms with Crippen molar-refractivity contribution in [1.29, 1.82) is 0 Å². The van der Waals surface area contributed by atoms with Crippen molar-refractivity contribution in [3.8, 4) is 17.2 Å². The number of aliphatic hydroxyl groups is 1. The van der Waals surface area contributed by atoms with Crippen molar-refractivity contribution in [2.45, 2.75) is 36.2 Å². The summed E-state index contributed by atoms with van der Waals surface area (Å²) in [4.78, 5) is 12.5. The topological polar surface area (TPSA) is 78.1 Å². The van der Waals surface area contributed by atoms with E-state index < -0.39 is 64.7 Å². The SMILES string of the molecule is COc1c2c(c(OC)c3occc13)OC(O)(C(F)(F)C(F)(F)C(F)(F)C(F)(F)F)CC2=O. The van der Waals surface area contributed by atoms with E-state index in [-0.39, 0.29) is 11.0 Å². The van der Waals surface area contributed by atoms with Crippen molar-refractivity contribution >= 4 is 16.8 Å². The Morgan fingerprint density at radius 1 is 0.969 bits per heavy atom. The number of ketones is 1. The fourth-order valence-electron chi connectivity index (χ4n) is 3.17. The van der Waals surface area contributed by atoms with Crippen LogP contribution in [0, 0.1) is 0 Å². The van der Waals surface area contributed by atoms with Gasteiger partial charge in [-0.25, -0.2) is 0 Å².